The molecule has 0 aliphatic heterocycles. The standard InChI is InChI=1S/C9H7NO3/c1-5-6-3-2-4-10-8(6)13-7(5)9(11)12/h2-4H,1H3,(H,11,12). The van der Waals surface area contributed by atoms with Crippen molar-refractivity contribution in [2.75, 3.05) is 0 Å². The fourth-order valence-corrected chi connectivity index (χ4v) is 1.26. The van der Waals surface area contributed by atoms with Crippen LogP contribution in [-0.2, 0) is 0 Å². The Kier molecular flexibility index (Phi) is 1.55. The van der Waals surface area contributed by atoms with Crippen molar-refractivity contribution in [1.82, 2.24) is 4.98 Å². The van der Waals surface area contributed by atoms with Crippen LogP contribution in [0.2, 0.25) is 0 Å². The van der Waals surface area contributed by atoms with Gasteiger partial charge in [0.1, 0.15) is 0 Å². The third kappa shape index (κ3) is 1.07. The first-order valence-electron chi connectivity index (χ1n) is 3.77. The van der Waals surface area contributed by atoms with E-state index in [0.29, 0.717) is 11.3 Å². The van der Waals surface area contributed by atoms with Crippen molar-refractivity contribution in [3.05, 3.63) is 29.7 Å². The Labute approximate surface area is 73.8 Å². The van der Waals surface area contributed by atoms with Crippen molar-refractivity contribution in [3.8, 4) is 0 Å². The summed E-state index contributed by atoms with van der Waals surface area (Å²) in [6, 6.07) is 3.53. The van der Waals surface area contributed by atoms with Crippen molar-refractivity contribution in [3.63, 3.8) is 0 Å². The molecular weight excluding hydrogens is 170 g/mol. The van der Waals surface area contributed by atoms with Crippen LogP contribution in [0.25, 0.3) is 11.1 Å². The average molecular weight is 177 g/mol. The van der Waals surface area contributed by atoms with Crippen molar-refractivity contribution in [2.24, 2.45) is 0 Å². The normalized spacial score (nSPS) is 10.5. The van der Waals surface area contributed by atoms with Gasteiger partial charge in [0.25, 0.3) is 0 Å². The molecule has 0 aliphatic carbocycles. The van der Waals surface area contributed by atoms with Gasteiger partial charge in [0.2, 0.25) is 11.5 Å². The van der Waals surface area contributed by atoms with Crippen molar-refractivity contribution in [2.45, 2.75) is 6.92 Å². The summed E-state index contributed by atoms with van der Waals surface area (Å²) < 4.78 is 5.05. The fourth-order valence-electron chi connectivity index (χ4n) is 1.26. The molecule has 4 nitrogen and oxygen atoms in total. The highest BCUT2D eigenvalue weighted by molar-refractivity contribution is 5.93. The Bertz CT molecular complexity index is 473. The lowest BCUT2D eigenvalue weighted by Gasteiger charge is -1.86. The Balaban J connectivity index is 2.81. The minimum absolute atomic E-state index is 0.0336. The summed E-state index contributed by atoms with van der Waals surface area (Å²) in [6.45, 7) is 1.71. The topological polar surface area (TPSA) is 63.3 Å². The quantitative estimate of drug-likeness (QED) is 0.721. The molecule has 1 N–H and O–H groups in total. The largest absolute Gasteiger partial charge is 0.475 e. The number of fused-ring (bicyclic) bond motifs is 1. The van der Waals surface area contributed by atoms with E-state index in [1.54, 1.807) is 25.3 Å². The van der Waals surface area contributed by atoms with Crippen LogP contribution in [-0.4, -0.2) is 16.1 Å². The predicted octanol–water partition coefficient (Wildman–Crippen LogP) is 1.83. The van der Waals surface area contributed by atoms with E-state index in [0.717, 1.165) is 5.39 Å². The maximum absolute atomic E-state index is 10.7. The second-order valence-electron chi connectivity index (χ2n) is 2.72. The van der Waals surface area contributed by atoms with Gasteiger partial charge in [-0.3, -0.25) is 0 Å². The molecule has 66 valence electrons. The van der Waals surface area contributed by atoms with E-state index in [9.17, 15) is 4.79 Å². The number of aromatic carboxylic acids is 1. The van der Waals surface area contributed by atoms with Gasteiger partial charge in [0, 0.05) is 17.1 Å². The lowest BCUT2D eigenvalue weighted by atomic mass is 10.2. The van der Waals surface area contributed by atoms with Crippen molar-refractivity contribution < 1.29 is 14.3 Å². The molecule has 0 radical (unpaired) electrons. The summed E-state index contributed by atoms with van der Waals surface area (Å²) in [7, 11) is 0. The number of pyridine rings is 1. The number of rotatable bonds is 1. The molecule has 0 bridgehead atoms. The Morgan fingerprint density at radius 3 is 3.00 bits per heavy atom. The molecule has 0 unspecified atom stereocenters. The van der Waals surface area contributed by atoms with Gasteiger partial charge in [-0.2, -0.15) is 0 Å². The summed E-state index contributed by atoms with van der Waals surface area (Å²) >= 11 is 0. The SMILES string of the molecule is Cc1c(C(=O)O)oc2ncccc12. The first kappa shape index (κ1) is 7.79. The van der Waals surface area contributed by atoms with Gasteiger partial charge < -0.3 is 9.52 Å². The van der Waals surface area contributed by atoms with Crippen molar-refractivity contribution in [1.29, 1.82) is 0 Å². The lowest BCUT2D eigenvalue weighted by molar-refractivity contribution is 0.0663. The van der Waals surface area contributed by atoms with Crippen LogP contribution < -0.4 is 0 Å². The summed E-state index contributed by atoms with van der Waals surface area (Å²) in [5.41, 5.74) is 0.994. The summed E-state index contributed by atoms with van der Waals surface area (Å²) in [6.07, 6.45) is 1.57. The number of carbonyl (C=O) groups is 1. The summed E-state index contributed by atoms with van der Waals surface area (Å²) in [4.78, 5) is 14.6. The van der Waals surface area contributed by atoms with Crippen LogP contribution in [0.15, 0.2) is 22.7 Å². The highest BCUT2D eigenvalue weighted by Gasteiger charge is 2.16. The first-order chi connectivity index (χ1) is 6.20. The van der Waals surface area contributed by atoms with E-state index in [2.05, 4.69) is 4.98 Å². The zero-order valence-electron chi connectivity index (χ0n) is 6.94. The minimum Gasteiger partial charge on any atom is -0.475 e. The van der Waals surface area contributed by atoms with E-state index >= 15 is 0 Å². The van der Waals surface area contributed by atoms with Gasteiger partial charge in [-0.1, -0.05) is 0 Å². The number of hydrogen-bond acceptors (Lipinski definition) is 3. The number of aryl methyl sites for hydroxylation is 1. The highest BCUT2D eigenvalue weighted by Crippen LogP contribution is 2.22. The number of carboxylic acids is 1. The van der Waals surface area contributed by atoms with Gasteiger partial charge in [-0.05, 0) is 19.1 Å². The predicted molar refractivity (Wildman–Crippen MR) is 45.7 cm³/mol. The first-order valence-corrected chi connectivity index (χ1v) is 3.77. The molecule has 2 heterocycles. The number of furan rings is 1. The third-order valence-electron chi connectivity index (χ3n) is 1.91. The van der Waals surface area contributed by atoms with Crippen LogP contribution in [0.5, 0.6) is 0 Å². The number of hydrogen-bond donors (Lipinski definition) is 1. The van der Waals surface area contributed by atoms with E-state index in [1.807, 2.05) is 0 Å². The second-order valence-corrected chi connectivity index (χ2v) is 2.72. The molecule has 13 heavy (non-hydrogen) atoms. The van der Waals surface area contributed by atoms with E-state index < -0.39 is 5.97 Å². The van der Waals surface area contributed by atoms with Gasteiger partial charge >= 0.3 is 5.97 Å². The fraction of sp³-hybridized carbons (Fsp3) is 0.111. The lowest BCUT2D eigenvalue weighted by Crippen LogP contribution is -1.94. The van der Waals surface area contributed by atoms with Crippen molar-refractivity contribution >= 4 is 17.1 Å². The minimum atomic E-state index is -1.06. The van der Waals surface area contributed by atoms with E-state index in [-0.39, 0.29) is 5.76 Å². The summed E-state index contributed by atoms with van der Waals surface area (Å²) in [5.74, 6) is -1.09. The molecule has 0 atom stereocenters. The summed E-state index contributed by atoms with van der Waals surface area (Å²) in [5, 5.41) is 9.50. The van der Waals surface area contributed by atoms with Crippen LogP contribution in [0.3, 0.4) is 0 Å². The molecule has 0 saturated carbocycles. The van der Waals surface area contributed by atoms with Gasteiger partial charge in [0.05, 0.1) is 0 Å². The van der Waals surface area contributed by atoms with E-state index in [4.69, 9.17) is 9.52 Å². The van der Waals surface area contributed by atoms with Crippen LogP contribution >= 0.6 is 0 Å². The molecule has 2 aromatic heterocycles. The van der Waals surface area contributed by atoms with Gasteiger partial charge in [0.15, 0.2) is 0 Å². The number of carboxylic acid groups (broad SMARTS) is 1. The molecule has 0 saturated heterocycles. The molecule has 0 spiro atoms. The molecular formula is C9H7NO3. The van der Waals surface area contributed by atoms with Crippen LogP contribution in [0, 0.1) is 6.92 Å². The smallest absolute Gasteiger partial charge is 0.372 e. The Morgan fingerprint density at radius 1 is 1.62 bits per heavy atom. The van der Waals surface area contributed by atoms with Gasteiger partial charge in [-0.15, -0.1) is 0 Å². The zero-order chi connectivity index (χ0) is 9.42. The molecule has 0 aliphatic rings. The molecule has 2 aromatic rings. The van der Waals surface area contributed by atoms with E-state index in [1.165, 1.54) is 0 Å². The second kappa shape index (κ2) is 2.58. The molecule has 0 amide bonds. The molecule has 0 aromatic carbocycles. The van der Waals surface area contributed by atoms with Crippen LogP contribution in [0.1, 0.15) is 16.1 Å². The number of aromatic nitrogens is 1. The highest BCUT2D eigenvalue weighted by atomic mass is 16.4. The molecule has 2 rings (SSSR count). The van der Waals surface area contributed by atoms with Gasteiger partial charge in [-0.25, -0.2) is 9.78 Å². The monoisotopic (exact) mass is 177 g/mol. The average Bonchev–Trinajstić information content (AvgIpc) is 2.45. The zero-order valence-corrected chi connectivity index (χ0v) is 6.94. The molecule has 4 heteroatoms. The van der Waals surface area contributed by atoms with Crippen LogP contribution in [0.4, 0.5) is 0 Å². The Hall–Kier alpha value is -1.84. The molecule has 0 fully saturated rings. The third-order valence-corrected chi connectivity index (χ3v) is 1.91. The maximum atomic E-state index is 10.7. The Morgan fingerprint density at radius 2 is 2.38 bits per heavy atom. The maximum Gasteiger partial charge on any atom is 0.372 e. The number of nitrogens with zero attached hydrogens (tertiary/aromatic N) is 1.